The number of guanidine groups is 2. The Hall–Kier alpha value is -5.92. The Bertz CT molecular complexity index is 1420. The molecule has 0 rings (SSSR count). The Morgan fingerprint density at radius 1 is 0.545 bits per heavy atom. The smallest absolute Gasteiger partial charge is 0.326 e. The van der Waals surface area contributed by atoms with Crippen molar-refractivity contribution in [1.82, 2.24) is 37.2 Å². The van der Waals surface area contributed by atoms with E-state index in [1.165, 1.54) is 11.8 Å². The van der Waals surface area contributed by atoms with Crippen LogP contribution in [0.2, 0.25) is 0 Å². The van der Waals surface area contributed by atoms with Crippen molar-refractivity contribution in [3.63, 3.8) is 0 Å². The predicted molar refractivity (Wildman–Crippen MR) is 198 cm³/mol. The summed E-state index contributed by atoms with van der Waals surface area (Å²) in [5, 5.41) is 40.7. The third-order valence-corrected chi connectivity index (χ3v) is 7.94. The highest BCUT2D eigenvalue weighted by atomic mass is 32.2. The van der Waals surface area contributed by atoms with Gasteiger partial charge in [-0.25, -0.2) is 4.79 Å². The Labute approximate surface area is 320 Å². The molecule has 0 heterocycles. The number of primary amides is 3. The Balaban J connectivity index is 6.23. The van der Waals surface area contributed by atoms with E-state index in [0.29, 0.717) is 0 Å². The number of carboxylic acid groups (broad SMARTS) is 1. The molecule has 6 atom stereocenters. The molecule has 0 unspecified atom stereocenters. The zero-order valence-corrected chi connectivity index (χ0v) is 31.1. The van der Waals surface area contributed by atoms with Gasteiger partial charge in [-0.2, -0.15) is 11.8 Å². The number of aliphatic carboxylic acids is 1. The molecule has 8 amide bonds. The Kier molecular flexibility index (Phi) is 23.2. The average Bonchev–Trinajstić information content (AvgIpc) is 3.07. The van der Waals surface area contributed by atoms with Crippen molar-refractivity contribution in [2.75, 3.05) is 25.1 Å². The first-order chi connectivity index (χ1) is 25.7. The average molecular weight is 804 g/mol. The van der Waals surface area contributed by atoms with Crippen LogP contribution in [0.5, 0.6) is 0 Å². The van der Waals surface area contributed by atoms with Gasteiger partial charge in [0.05, 0.1) is 25.3 Å². The quantitative estimate of drug-likeness (QED) is 0.0198. The molecule has 0 aliphatic carbocycles. The third kappa shape index (κ3) is 22.0. The van der Waals surface area contributed by atoms with Crippen LogP contribution in [0.4, 0.5) is 0 Å². The summed E-state index contributed by atoms with van der Waals surface area (Å²) >= 11 is 1.27. The van der Waals surface area contributed by atoms with E-state index in [1.54, 1.807) is 6.26 Å². The number of hydrogen-bond acceptors (Lipinski definition) is 13. The highest BCUT2D eigenvalue weighted by molar-refractivity contribution is 7.98. The highest BCUT2D eigenvalue weighted by Gasteiger charge is 2.34. The van der Waals surface area contributed by atoms with Crippen molar-refractivity contribution in [1.29, 1.82) is 10.8 Å². The molecule has 0 fully saturated rings. The zero-order valence-electron chi connectivity index (χ0n) is 30.2. The molecular weight excluding hydrogens is 750 g/mol. The number of amides is 8. The molecule has 22 N–H and O–H groups in total. The lowest BCUT2D eigenvalue weighted by atomic mass is 10.1. The van der Waals surface area contributed by atoms with Gasteiger partial charge in [-0.15, -0.1) is 0 Å². The molecule has 0 radical (unpaired) electrons. The molecule has 25 nitrogen and oxygen atoms in total. The first kappa shape index (κ1) is 49.1. The standard InChI is InChI=1S/C29H53N15O10S/c1-55-9-6-15(41-25(51)17(11-20(32)46)43-22(48)13(30)10-19(31)45)24(50)44-18(12-21(33)47)26(52)40-14(4-2-7-38-28(34)35)23(49)42-16(27(53)54)5-3-8-39-29(36)37/h13-18H,2-12,30H2,1H3,(H2,31,45)(H2,32,46)(H2,33,47)(H,40,52)(H,41,51)(H,42,49)(H,43,48)(H,44,50)(H,53,54)(H4,34,35,38)(H4,36,37,39)/t13-,14-,15-,16-,17-,18-/m0/s1. The van der Waals surface area contributed by atoms with Crippen molar-refractivity contribution in [2.45, 2.75) is 87.6 Å². The SMILES string of the molecule is CSCC[C@H](NC(=O)[C@H](CC(N)=O)NC(=O)[C@@H](N)CC(N)=O)C(=O)N[C@@H](CC(N)=O)C(=O)N[C@@H](CCCNC(=N)N)C(=O)N[C@@H](CCCNC(=N)N)C(=O)O. The number of carbonyl (C=O) groups is 9. The second-order valence-electron chi connectivity index (χ2n) is 12.0. The third-order valence-electron chi connectivity index (χ3n) is 7.30. The molecule has 0 saturated carbocycles. The van der Waals surface area contributed by atoms with Crippen molar-refractivity contribution in [3.05, 3.63) is 0 Å². The van der Waals surface area contributed by atoms with Gasteiger partial charge in [-0.05, 0) is 44.1 Å². The van der Waals surface area contributed by atoms with E-state index in [-0.39, 0.29) is 62.9 Å². The minimum Gasteiger partial charge on any atom is -0.480 e. The van der Waals surface area contributed by atoms with Gasteiger partial charge in [0, 0.05) is 13.1 Å². The van der Waals surface area contributed by atoms with Crippen molar-refractivity contribution >= 4 is 76.9 Å². The summed E-state index contributed by atoms with van der Waals surface area (Å²) in [5.74, 6) is -10.0. The number of nitrogens with one attached hydrogen (secondary N) is 9. The molecule has 0 aliphatic heterocycles. The predicted octanol–water partition coefficient (Wildman–Crippen LogP) is -7.27. The Morgan fingerprint density at radius 2 is 0.891 bits per heavy atom. The van der Waals surface area contributed by atoms with E-state index >= 15 is 0 Å². The van der Waals surface area contributed by atoms with E-state index in [0.717, 1.165) is 0 Å². The van der Waals surface area contributed by atoms with Crippen LogP contribution in [-0.2, 0) is 43.2 Å². The first-order valence-electron chi connectivity index (χ1n) is 16.7. The molecule has 55 heavy (non-hydrogen) atoms. The van der Waals surface area contributed by atoms with E-state index in [1.807, 2.05) is 0 Å². The fraction of sp³-hybridized carbons (Fsp3) is 0.621. The van der Waals surface area contributed by atoms with Crippen LogP contribution in [0.15, 0.2) is 0 Å². The van der Waals surface area contributed by atoms with Crippen LogP contribution in [0, 0.1) is 10.8 Å². The molecule has 0 bridgehead atoms. The fourth-order valence-electron chi connectivity index (χ4n) is 4.59. The lowest BCUT2D eigenvalue weighted by molar-refractivity contribution is -0.142. The molecule has 0 saturated heterocycles. The van der Waals surface area contributed by atoms with E-state index in [2.05, 4.69) is 37.2 Å². The Morgan fingerprint density at radius 3 is 1.27 bits per heavy atom. The topological polar surface area (TPSA) is 462 Å². The summed E-state index contributed by atoms with van der Waals surface area (Å²) in [6.45, 7) is 0.199. The normalized spacial score (nSPS) is 13.9. The number of nitrogens with two attached hydrogens (primary N) is 6. The maximum Gasteiger partial charge on any atom is 0.326 e. The molecule has 0 aromatic carbocycles. The number of thioether (sulfide) groups is 1. The van der Waals surface area contributed by atoms with Gasteiger partial charge in [0.2, 0.25) is 47.3 Å². The zero-order chi connectivity index (χ0) is 42.2. The minimum atomic E-state index is -1.73. The van der Waals surface area contributed by atoms with E-state index in [4.69, 9.17) is 45.2 Å². The van der Waals surface area contributed by atoms with Crippen LogP contribution in [0.25, 0.3) is 0 Å². The van der Waals surface area contributed by atoms with Crippen LogP contribution in [0.1, 0.15) is 51.4 Å². The fourth-order valence-corrected chi connectivity index (χ4v) is 5.06. The van der Waals surface area contributed by atoms with Gasteiger partial charge in [-0.1, -0.05) is 0 Å². The maximum absolute atomic E-state index is 13.5. The van der Waals surface area contributed by atoms with E-state index in [9.17, 15) is 48.3 Å². The summed E-state index contributed by atoms with van der Waals surface area (Å²) in [6, 6.07) is -9.19. The summed E-state index contributed by atoms with van der Waals surface area (Å²) in [5.41, 5.74) is 31.8. The molecule has 0 aromatic heterocycles. The molecular formula is C29H53N15O10S. The van der Waals surface area contributed by atoms with Crippen molar-refractivity contribution in [3.8, 4) is 0 Å². The van der Waals surface area contributed by atoms with Crippen LogP contribution in [-0.4, -0.2) is 132 Å². The number of carboxylic acids is 1. The lowest BCUT2D eigenvalue weighted by Gasteiger charge is -2.26. The van der Waals surface area contributed by atoms with Gasteiger partial charge in [0.1, 0.15) is 30.2 Å². The number of rotatable bonds is 28. The monoisotopic (exact) mass is 803 g/mol. The van der Waals surface area contributed by atoms with Gasteiger partial charge >= 0.3 is 5.97 Å². The molecule has 0 aliphatic rings. The van der Waals surface area contributed by atoms with Gasteiger partial charge < -0.3 is 76.7 Å². The second-order valence-corrected chi connectivity index (χ2v) is 13.0. The molecule has 310 valence electrons. The van der Waals surface area contributed by atoms with Gasteiger partial charge in [-0.3, -0.25) is 49.2 Å². The maximum atomic E-state index is 13.5. The van der Waals surface area contributed by atoms with E-state index < -0.39 is 109 Å². The second kappa shape index (κ2) is 26.0. The highest BCUT2D eigenvalue weighted by Crippen LogP contribution is 2.07. The lowest BCUT2D eigenvalue weighted by Crippen LogP contribution is -2.60. The number of hydrogen-bond donors (Lipinski definition) is 16. The van der Waals surface area contributed by atoms with Crippen molar-refractivity contribution < 1.29 is 48.3 Å². The molecule has 26 heteroatoms. The summed E-state index contributed by atoms with van der Waals surface area (Å²) in [6.07, 6.45) is -0.456. The first-order valence-corrected chi connectivity index (χ1v) is 18.1. The van der Waals surface area contributed by atoms with Crippen LogP contribution in [0.3, 0.4) is 0 Å². The molecule has 0 spiro atoms. The summed E-state index contributed by atoms with van der Waals surface area (Å²) in [4.78, 5) is 113. The minimum absolute atomic E-state index is 0.0700. The molecule has 0 aromatic rings. The van der Waals surface area contributed by atoms with Crippen molar-refractivity contribution in [2.24, 2.45) is 34.4 Å². The largest absolute Gasteiger partial charge is 0.480 e. The van der Waals surface area contributed by atoms with Crippen LogP contribution >= 0.6 is 11.8 Å². The van der Waals surface area contributed by atoms with Crippen LogP contribution < -0.4 is 71.6 Å². The summed E-state index contributed by atoms with van der Waals surface area (Å²) in [7, 11) is 0. The van der Waals surface area contributed by atoms with Gasteiger partial charge in [0.25, 0.3) is 0 Å². The number of carbonyl (C=O) groups excluding carboxylic acids is 8. The van der Waals surface area contributed by atoms with Gasteiger partial charge in [0.15, 0.2) is 11.9 Å². The summed E-state index contributed by atoms with van der Waals surface area (Å²) < 4.78 is 0.